The summed E-state index contributed by atoms with van der Waals surface area (Å²) in [5.41, 5.74) is 9.83. The molecule has 0 aliphatic carbocycles. The van der Waals surface area contributed by atoms with E-state index in [1.54, 1.807) is 5.01 Å². The number of carbonyl (C=O) groups excluding carboxylic acids is 1. The quantitative estimate of drug-likeness (QED) is 0.613. The van der Waals surface area contributed by atoms with Gasteiger partial charge < -0.3 is 0 Å². The molecule has 1 saturated heterocycles. The molecule has 32 heavy (non-hydrogen) atoms. The fourth-order valence-electron chi connectivity index (χ4n) is 4.12. The van der Waals surface area contributed by atoms with E-state index in [4.69, 9.17) is 5.10 Å². The number of hydrazine groups is 1. The standard InChI is InChI=1S/C25H28F2N4O/c1-16-5-8-20(9-6-16)23-19(4)22(24(32)29-30-13-11-25(26,27)12-14-30)28-31(23)21-10-7-17(2)15-18(21)3/h5-10,15H,11-14H2,1-4H3,(H,29,32). The fourth-order valence-corrected chi connectivity index (χ4v) is 4.12. The Labute approximate surface area is 187 Å². The van der Waals surface area contributed by atoms with Crippen molar-refractivity contribution in [2.75, 3.05) is 13.1 Å². The van der Waals surface area contributed by atoms with Crippen LogP contribution in [0.3, 0.4) is 0 Å². The second-order valence-corrected chi connectivity index (χ2v) is 8.67. The number of aryl methyl sites for hydroxylation is 3. The van der Waals surface area contributed by atoms with Crippen molar-refractivity contribution in [3.63, 3.8) is 0 Å². The van der Waals surface area contributed by atoms with Crippen molar-refractivity contribution in [2.24, 2.45) is 0 Å². The van der Waals surface area contributed by atoms with Gasteiger partial charge in [-0.2, -0.15) is 5.10 Å². The highest BCUT2D eigenvalue weighted by atomic mass is 19.3. The van der Waals surface area contributed by atoms with E-state index in [2.05, 4.69) is 11.5 Å². The van der Waals surface area contributed by atoms with Crippen LogP contribution in [0, 0.1) is 27.7 Å². The highest BCUT2D eigenvalue weighted by molar-refractivity contribution is 5.95. The number of carbonyl (C=O) groups is 1. The zero-order valence-corrected chi connectivity index (χ0v) is 18.9. The molecule has 1 aliphatic heterocycles. The second kappa shape index (κ2) is 8.47. The zero-order chi connectivity index (χ0) is 23.0. The van der Waals surface area contributed by atoms with Crippen LogP contribution in [0.4, 0.5) is 8.78 Å². The van der Waals surface area contributed by atoms with Crippen molar-refractivity contribution >= 4 is 5.91 Å². The first-order valence-electron chi connectivity index (χ1n) is 10.8. The maximum absolute atomic E-state index is 13.5. The first-order chi connectivity index (χ1) is 15.1. The number of nitrogens with zero attached hydrogens (tertiary/aromatic N) is 3. The van der Waals surface area contributed by atoms with Gasteiger partial charge in [-0.25, -0.2) is 18.5 Å². The van der Waals surface area contributed by atoms with Gasteiger partial charge in [0.05, 0.1) is 11.4 Å². The van der Waals surface area contributed by atoms with Crippen LogP contribution in [-0.2, 0) is 0 Å². The summed E-state index contributed by atoms with van der Waals surface area (Å²) in [6.07, 6.45) is -0.532. The topological polar surface area (TPSA) is 50.2 Å². The summed E-state index contributed by atoms with van der Waals surface area (Å²) in [4.78, 5) is 13.1. The monoisotopic (exact) mass is 438 g/mol. The largest absolute Gasteiger partial charge is 0.286 e. The predicted molar refractivity (Wildman–Crippen MR) is 121 cm³/mol. The Kier molecular flexibility index (Phi) is 5.86. The molecule has 1 aliphatic rings. The maximum Gasteiger partial charge on any atom is 0.286 e. The molecule has 1 amide bonds. The van der Waals surface area contributed by atoms with Gasteiger partial charge in [-0.15, -0.1) is 0 Å². The first kappa shape index (κ1) is 22.1. The van der Waals surface area contributed by atoms with E-state index >= 15 is 0 Å². The Hall–Kier alpha value is -3.06. The molecule has 4 rings (SSSR count). The fraction of sp³-hybridized carbons (Fsp3) is 0.360. The minimum atomic E-state index is -2.67. The molecule has 0 radical (unpaired) electrons. The van der Waals surface area contributed by atoms with E-state index in [1.807, 2.05) is 68.8 Å². The van der Waals surface area contributed by atoms with E-state index in [-0.39, 0.29) is 37.5 Å². The molecule has 2 heterocycles. The first-order valence-corrected chi connectivity index (χ1v) is 10.8. The average molecular weight is 439 g/mol. The number of rotatable bonds is 4. The third kappa shape index (κ3) is 4.43. The molecule has 7 heteroatoms. The Bertz CT molecular complexity index is 1140. The van der Waals surface area contributed by atoms with E-state index in [0.29, 0.717) is 0 Å². The maximum atomic E-state index is 13.5. The SMILES string of the molecule is Cc1ccc(-c2c(C)c(C(=O)NN3CCC(F)(F)CC3)nn2-c2ccc(C)cc2C)cc1. The highest BCUT2D eigenvalue weighted by Crippen LogP contribution is 2.31. The summed E-state index contributed by atoms with van der Waals surface area (Å²) >= 11 is 0. The molecule has 168 valence electrons. The van der Waals surface area contributed by atoms with Gasteiger partial charge in [0.2, 0.25) is 0 Å². The van der Waals surface area contributed by atoms with Gasteiger partial charge in [0.25, 0.3) is 11.8 Å². The van der Waals surface area contributed by atoms with Gasteiger partial charge in [-0.05, 0) is 39.3 Å². The van der Waals surface area contributed by atoms with Crippen LogP contribution < -0.4 is 5.43 Å². The number of hydrogen-bond donors (Lipinski definition) is 1. The molecule has 3 aromatic rings. The van der Waals surface area contributed by atoms with Gasteiger partial charge >= 0.3 is 0 Å². The van der Waals surface area contributed by atoms with E-state index in [0.717, 1.165) is 39.2 Å². The molecule has 0 saturated carbocycles. The molecule has 1 fully saturated rings. The molecular weight excluding hydrogens is 410 g/mol. The Morgan fingerprint density at radius 2 is 1.59 bits per heavy atom. The van der Waals surface area contributed by atoms with Crippen molar-refractivity contribution < 1.29 is 13.6 Å². The van der Waals surface area contributed by atoms with E-state index in [1.165, 1.54) is 0 Å². The van der Waals surface area contributed by atoms with Crippen LogP contribution in [0.2, 0.25) is 0 Å². The number of aromatic nitrogens is 2. The number of halogens is 2. The summed E-state index contributed by atoms with van der Waals surface area (Å²) < 4.78 is 28.8. The lowest BCUT2D eigenvalue weighted by molar-refractivity contribution is -0.0631. The molecule has 1 aromatic heterocycles. The number of alkyl halides is 2. The van der Waals surface area contributed by atoms with Crippen LogP contribution in [-0.4, -0.2) is 39.7 Å². The van der Waals surface area contributed by atoms with E-state index in [9.17, 15) is 13.6 Å². The second-order valence-electron chi connectivity index (χ2n) is 8.67. The lowest BCUT2D eigenvalue weighted by Crippen LogP contribution is -2.49. The zero-order valence-electron chi connectivity index (χ0n) is 18.9. The van der Waals surface area contributed by atoms with Gasteiger partial charge in [-0.3, -0.25) is 10.2 Å². The van der Waals surface area contributed by atoms with Crippen molar-refractivity contribution in [2.45, 2.75) is 46.5 Å². The Balaban J connectivity index is 1.74. The smallest absolute Gasteiger partial charge is 0.283 e. The number of hydrogen-bond acceptors (Lipinski definition) is 3. The van der Waals surface area contributed by atoms with Crippen LogP contribution in [0.5, 0.6) is 0 Å². The minimum Gasteiger partial charge on any atom is -0.283 e. The molecule has 0 spiro atoms. The number of nitrogens with one attached hydrogen (secondary N) is 1. The third-order valence-electron chi connectivity index (χ3n) is 6.00. The Morgan fingerprint density at radius 3 is 2.22 bits per heavy atom. The average Bonchev–Trinajstić information content (AvgIpc) is 3.07. The molecule has 0 bridgehead atoms. The minimum absolute atomic E-state index is 0.111. The Morgan fingerprint density at radius 1 is 0.969 bits per heavy atom. The molecular formula is C25H28F2N4O. The predicted octanol–water partition coefficient (Wildman–Crippen LogP) is 5.15. The molecule has 2 aromatic carbocycles. The van der Waals surface area contributed by atoms with Gasteiger partial charge in [0.15, 0.2) is 5.69 Å². The summed E-state index contributed by atoms with van der Waals surface area (Å²) in [5, 5.41) is 6.25. The lowest BCUT2D eigenvalue weighted by Gasteiger charge is -2.31. The molecule has 5 nitrogen and oxygen atoms in total. The third-order valence-corrected chi connectivity index (χ3v) is 6.00. The summed E-state index contributed by atoms with van der Waals surface area (Å²) in [6.45, 7) is 8.18. The van der Waals surface area contributed by atoms with Gasteiger partial charge in [0, 0.05) is 37.1 Å². The van der Waals surface area contributed by atoms with Gasteiger partial charge in [0.1, 0.15) is 0 Å². The molecule has 0 unspecified atom stereocenters. The van der Waals surface area contributed by atoms with Crippen LogP contribution in [0.1, 0.15) is 45.6 Å². The molecule has 1 N–H and O–H groups in total. The highest BCUT2D eigenvalue weighted by Gasteiger charge is 2.35. The summed E-state index contributed by atoms with van der Waals surface area (Å²) in [7, 11) is 0. The summed E-state index contributed by atoms with van der Waals surface area (Å²) in [6, 6.07) is 14.2. The van der Waals surface area contributed by atoms with Crippen molar-refractivity contribution in [3.05, 3.63) is 70.4 Å². The number of amides is 1. The van der Waals surface area contributed by atoms with Crippen molar-refractivity contribution in [1.82, 2.24) is 20.2 Å². The summed E-state index contributed by atoms with van der Waals surface area (Å²) in [5.74, 6) is -3.05. The normalized spacial score (nSPS) is 16.2. The van der Waals surface area contributed by atoms with Crippen molar-refractivity contribution in [3.8, 4) is 16.9 Å². The number of piperidine rings is 1. The lowest BCUT2D eigenvalue weighted by atomic mass is 10.0. The van der Waals surface area contributed by atoms with Gasteiger partial charge in [-0.1, -0.05) is 47.5 Å². The molecule has 0 atom stereocenters. The van der Waals surface area contributed by atoms with Crippen LogP contribution in [0.25, 0.3) is 16.9 Å². The van der Waals surface area contributed by atoms with Crippen molar-refractivity contribution in [1.29, 1.82) is 0 Å². The van der Waals surface area contributed by atoms with Crippen LogP contribution >= 0.6 is 0 Å². The number of benzene rings is 2. The van der Waals surface area contributed by atoms with E-state index < -0.39 is 5.92 Å². The van der Waals surface area contributed by atoms with Crippen LogP contribution in [0.15, 0.2) is 42.5 Å².